The Bertz CT molecular complexity index is 618. The van der Waals surface area contributed by atoms with Crippen molar-refractivity contribution in [3.63, 3.8) is 0 Å². The first-order valence-electron chi connectivity index (χ1n) is 7.92. The Hall–Kier alpha value is -2.49. The lowest BCUT2D eigenvalue weighted by Crippen LogP contribution is -2.35. The SMILES string of the molecule is Cc1cc(C)cc(OCCNC(N)=NCCc2ccccc2)c1. The number of ether oxygens (including phenoxy) is 1. The average molecular weight is 311 g/mol. The second kappa shape index (κ2) is 8.83. The molecule has 2 rings (SSSR count). The van der Waals surface area contributed by atoms with Crippen molar-refractivity contribution in [3.8, 4) is 5.75 Å². The minimum absolute atomic E-state index is 0.463. The first-order chi connectivity index (χ1) is 11.1. The van der Waals surface area contributed by atoms with Crippen molar-refractivity contribution in [2.45, 2.75) is 20.3 Å². The Morgan fingerprint density at radius 2 is 1.78 bits per heavy atom. The molecule has 0 fully saturated rings. The lowest BCUT2D eigenvalue weighted by atomic mass is 10.1. The molecule has 4 nitrogen and oxygen atoms in total. The van der Waals surface area contributed by atoms with E-state index < -0.39 is 0 Å². The van der Waals surface area contributed by atoms with E-state index in [0.29, 0.717) is 25.7 Å². The van der Waals surface area contributed by atoms with Crippen molar-refractivity contribution in [2.75, 3.05) is 19.7 Å². The van der Waals surface area contributed by atoms with Crippen LogP contribution in [0.15, 0.2) is 53.5 Å². The van der Waals surface area contributed by atoms with E-state index in [-0.39, 0.29) is 0 Å². The molecule has 0 saturated heterocycles. The quantitative estimate of drug-likeness (QED) is 0.469. The number of aryl methyl sites for hydroxylation is 2. The molecule has 0 aliphatic rings. The second-order valence-electron chi connectivity index (χ2n) is 5.60. The summed E-state index contributed by atoms with van der Waals surface area (Å²) < 4.78 is 5.72. The van der Waals surface area contributed by atoms with Gasteiger partial charge in [-0.15, -0.1) is 0 Å². The van der Waals surface area contributed by atoms with Crippen molar-refractivity contribution < 1.29 is 4.74 Å². The van der Waals surface area contributed by atoms with Crippen molar-refractivity contribution in [2.24, 2.45) is 10.7 Å². The van der Waals surface area contributed by atoms with Crippen molar-refractivity contribution in [1.82, 2.24) is 5.32 Å². The van der Waals surface area contributed by atoms with Gasteiger partial charge in [-0.2, -0.15) is 0 Å². The van der Waals surface area contributed by atoms with Gasteiger partial charge in [0.1, 0.15) is 12.4 Å². The van der Waals surface area contributed by atoms with Crippen LogP contribution >= 0.6 is 0 Å². The third kappa shape index (κ3) is 6.43. The molecule has 0 heterocycles. The van der Waals surface area contributed by atoms with Gasteiger partial charge >= 0.3 is 0 Å². The Kier molecular flexibility index (Phi) is 6.48. The molecule has 3 N–H and O–H groups in total. The maximum absolute atomic E-state index is 5.85. The molecule has 4 heteroatoms. The molecule has 0 bridgehead atoms. The summed E-state index contributed by atoms with van der Waals surface area (Å²) >= 11 is 0. The van der Waals surface area contributed by atoms with Gasteiger partial charge in [-0.3, -0.25) is 4.99 Å². The minimum atomic E-state index is 0.463. The van der Waals surface area contributed by atoms with Crippen LogP contribution in [0.3, 0.4) is 0 Å². The molecular weight excluding hydrogens is 286 g/mol. The van der Waals surface area contributed by atoms with Crippen LogP contribution in [-0.2, 0) is 6.42 Å². The summed E-state index contributed by atoms with van der Waals surface area (Å²) in [5.41, 5.74) is 9.52. The van der Waals surface area contributed by atoms with Crippen LogP contribution in [-0.4, -0.2) is 25.7 Å². The maximum Gasteiger partial charge on any atom is 0.188 e. The van der Waals surface area contributed by atoms with Crippen LogP contribution in [0, 0.1) is 13.8 Å². The predicted molar refractivity (Wildman–Crippen MR) is 96.0 cm³/mol. The fourth-order valence-electron chi connectivity index (χ4n) is 2.37. The zero-order valence-electron chi connectivity index (χ0n) is 13.9. The van der Waals surface area contributed by atoms with Gasteiger partial charge in [-0.25, -0.2) is 0 Å². The van der Waals surface area contributed by atoms with Crippen LogP contribution in [0.5, 0.6) is 5.75 Å². The lowest BCUT2D eigenvalue weighted by Gasteiger charge is -2.09. The molecule has 2 aromatic carbocycles. The van der Waals surface area contributed by atoms with Crippen molar-refractivity contribution >= 4 is 5.96 Å². The lowest BCUT2D eigenvalue weighted by molar-refractivity contribution is 0.322. The first kappa shape index (κ1) is 16.9. The van der Waals surface area contributed by atoms with E-state index in [1.807, 2.05) is 30.3 Å². The van der Waals surface area contributed by atoms with E-state index in [9.17, 15) is 0 Å². The van der Waals surface area contributed by atoms with E-state index >= 15 is 0 Å². The highest BCUT2D eigenvalue weighted by Crippen LogP contribution is 2.15. The highest BCUT2D eigenvalue weighted by molar-refractivity contribution is 5.77. The van der Waals surface area contributed by atoms with Gasteiger partial charge in [-0.1, -0.05) is 36.4 Å². The predicted octanol–water partition coefficient (Wildman–Crippen LogP) is 2.83. The normalized spacial score (nSPS) is 11.3. The number of rotatable bonds is 7. The second-order valence-corrected chi connectivity index (χ2v) is 5.60. The molecule has 0 unspecified atom stereocenters. The van der Waals surface area contributed by atoms with E-state index in [1.54, 1.807) is 0 Å². The van der Waals surface area contributed by atoms with Crippen molar-refractivity contribution in [1.29, 1.82) is 0 Å². The Morgan fingerprint density at radius 1 is 1.09 bits per heavy atom. The summed E-state index contributed by atoms with van der Waals surface area (Å²) in [6.07, 6.45) is 0.891. The zero-order valence-corrected chi connectivity index (χ0v) is 13.9. The van der Waals surface area contributed by atoms with E-state index in [1.165, 1.54) is 16.7 Å². The first-order valence-corrected chi connectivity index (χ1v) is 7.92. The standard InChI is InChI=1S/C19H25N3O/c1-15-12-16(2)14-18(13-15)23-11-10-22-19(20)21-9-8-17-6-4-3-5-7-17/h3-7,12-14H,8-11H2,1-2H3,(H3,20,21,22). The van der Waals surface area contributed by atoms with Crippen molar-refractivity contribution in [3.05, 3.63) is 65.2 Å². The monoisotopic (exact) mass is 311 g/mol. The van der Waals surface area contributed by atoms with Crippen LogP contribution < -0.4 is 15.8 Å². The van der Waals surface area contributed by atoms with Gasteiger partial charge in [0.15, 0.2) is 5.96 Å². The van der Waals surface area contributed by atoms with Crippen LogP contribution in [0.2, 0.25) is 0 Å². The van der Waals surface area contributed by atoms with E-state index in [4.69, 9.17) is 10.5 Å². The number of aliphatic imine (C=N–C) groups is 1. The van der Waals surface area contributed by atoms with Gasteiger partial charge in [0.05, 0.1) is 6.54 Å². The Labute approximate surface area is 138 Å². The summed E-state index contributed by atoms with van der Waals surface area (Å²) in [7, 11) is 0. The summed E-state index contributed by atoms with van der Waals surface area (Å²) in [4.78, 5) is 4.32. The number of hydrogen-bond donors (Lipinski definition) is 2. The summed E-state index contributed by atoms with van der Waals surface area (Å²) in [5, 5.41) is 3.07. The maximum atomic E-state index is 5.85. The fourth-order valence-corrected chi connectivity index (χ4v) is 2.37. The van der Waals surface area contributed by atoms with Gasteiger partial charge < -0.3 is 15.8 Å². The largest absolute Gasteiger partial charge is 0.492 e. The highest BCUT2D eigenvalue weighted by Gasteiger charge is 1.97. The van der Waals surface area contributed by atoms with Gasteiger partial charge in [-0.05, 0) is 49.1 Å². The summed E-state index contributed by atoms with van der Waals surface area (Å²) in [6, 6.07) is 16.5. The number of guanidine groups is 1. The van der Waals surface area contributed by atoms with Crippen LogP contribution in [0.4, 0.5) is 0 Å². The molecular formula is C19H25N3O. The third-order valence-electron chi connectivity index (χ3n) is 3.40. The molecule has 23 heavy (non-hydrogen) atoms. The number of benzene rings is 2. The molecule has 0 atom stereocenters. The number of nitrogens with one attached hydrogen (secondary N) is 1. The molecule has 0 aromatic heterocycles. The molecule has 2 aromatic rings. The summed E-state index contributed by atoms with van der Waals surface area (Å²) in [6.45, 7) is 6.00. The topological polar surface area (TPSA) is 59.6 Å². The minimum Gasteiger partial charge on any atom is -0.492 e. The highest BCUT2D eigenvalue weighted by atomic mass is 16.5. The van der Waals surface area contributed by atoms with E-state index in [0.717, 1.165) is 12.2 Å². The van der Waals surface area contributed by atoms with Gasteiger partial charge in [0, 0.05) is 6.54 Å². The fraction of sp³-hybridized carbons (Fsp3) is 0.316. The van der Waals surface area contributed by atoms with E-state index in [2.05, 4.69) is 42.4 Å². The Balaban J connectivity index is 1.66. The zero-order chi connectivity index (χ0) is 16.5. The summed E-state index contributed by atoms with van der Waals surface area (Å²) in [5.74, 6) is 1.36. The third-order valence-corrected chi connectivity index (χ3v) is 3.40. The molecule has 0 amide bonds. The van der Waals surface area contributed by atoms with Gasteiger partial charge in [0.2, 0.25) is 0 Å². The average Bonchev–Trinajstić information content (AvgIpc) is 2.52. The smallest absolute Gasteiger partial charge is 0.188 e. The molecule has 0 aliphatic carbocycles. The number of nitrogens with zero attached hydrogens (tertiary/aromatic N) is 1. The molecule has 0 radical (unpaired) electrons. The molecule has 0 aliphatic heterocycles. The molecule has 122 valence electrons. The number of hydrogen-bond acceptors (Lipinski definition) is 2. The molecule has 0 spiro atoms. The van der Waals surface area contributed by atoms with Crippen LogP contribution in [0.1, 0.15) is 16.7 Å². The Morgan fingerprint density at radius 3 is 2.48 bits per heavy atom. The molecule has 0 saturated carbocycles. The van der Waals surface area contributed by atoms with Crippen LogP contribution in [0.25, 0.3) is 0 Å². The number of nitrogens with two attached hydrogens (primary N) is 1. The van der Waals surface area contributed by atoms with Gasteiger partial charge in [0.25, 0.3) is 0 Å².